The SMILES string of the molecule is COc1cccc(NC(=O)N(C)CC2CCCCN2)c1. The fraction of sp³-hybridized carbons (Fsp3) is 0.533. The van der Waals surface area contributed by atoms with Gasteiger partial charge < -0.3 is 20.3 Å². The first kappa shape index (κ1) is 14.7. The Kier molecular flexibility index (Phi) is 5.24. The number of hydrogen-bond acceptors (Lipinski definition) is 3. The van der Waals surface area contributed by atoms with Crippen molar-refractivity contribution in [1.82, 2.24) is 10.2 Å². The molecule has 0 spiro atoms. The largest absolute Gasteiger partial charge is 0.497 e. The van der Waals surface area contributed by atoms with Gasteiger partial charge in [0.25, 0.3) is 0 Å². The predicted octanol–water partition coefficient (Wildman–Crippen LogP) is 2.30. The van der Waals surface area contributed by atoms with E-state index in [0.29, 0.717) is 6.04 Å². The second-order valence-corrected chi connectivity index (χ2v) is 5.19. The zero-order valence-corrected chi connectivity index (χ0v) is 12.2. The molecule has 1 aliphatic heterocycles. The van der Waals surface area contributed by atoms with E-state index in [1.54, 1.807) is 12.0 Å². The Labute approximate surface area is 120 Å². The van der Waals surface area contributed by atoms with Crippen molar-refractivity contribution in [2.45, 2.75) is 25.3 Å². The Morgan fingerprint density at radius 1 is 1.50 bits per heavy atom. The second-order valence-electron chi connectivity index (χ2n) is 5.19. The Hall–Kier alpha value is -1.75. The van der Waals surface area contributed by atoms with Gasteiger partial charge in [-0.3, -0.25) is 0 Å². The lowest BCUT2D eigenvalue weighted by Gasteiger charge is -2.28. The van der Waals surface area contributed by atoms with Crippen LogP contribution in [0.4, 0.5) is 10.5 Å². The zero-order chi connectivity index (χ0) is 14.4. The minimum Gasteiger partial charge on any atom is -0.497 e. The van der Waals surface area contributed by atoms with E-state index in [-0.39, 0.29) is 6.03 Å². The molecular weight excluding hydrogens is 254 g/mol. The number of urea groups is 1. The van der Waals surface area contributed by atoms with Crippen LogP contribution in [0.15, 0.2) is 24.3 Å². The lowest BCUT2D eigenvalue weighted by molar-refractivity contribution is 0.212. The molecule has 1 aromatic rings. The molecule has 2 rings (SSSR count). The van der Waals surface area contributed by atoms with E-state index < -0.39 is 0 Å². The van der Waals surface area contributed by atoms with Crippen molar-refractivity contribution in [3.8, 4) is 5.75 Å². The highest BCUT2D eigenvalue weighted by atomic mass is 16.5. The van der Waals surface area contributed by atoms with Crippen LogP contribution in [0.3, 0.4) is 0 Å². The van der Waals surface area contributed by atoms with Crippen molar-refractivity contribution in [3.63, 3.8) is 0 Å². The van der Waals surface area contributed by atoms with Crippen LogP contribution in [0.2, 0.25) is 0 Å². The fourth-order valence-corrected chi connectivity index (χ4v) is 2.41. The summed E-state index contributed by atoms with van der Waals surface area (Å²) in [5, 5.41) is 6.33. The highest BCUT2D eigenvalue weighted by Crippen LogP contribution is 2.17. The monoisotopic (exact) mass is 277 g/mol. The summed E-state index contributed by atoms with van der Waals surface area (Å²) in [5.74, 6) is 0.736. The standard InChI is InChI=1S/C15H23N3O2/c1-18(11-13-6-3-4-9-16-13)15(19)17-12-7-5-8-14(10-12)20-2/h5,7-8,10,13,16H,3-4,6,9,11H2,1-2H3,(H,17,19). The molecule has 0 saturated carbocycles. The van der Waals surface area contributed by atoms with Crippen LogP contribution in [0.1, 0.15) is 19.3 Å². The fourth-order valence-electron chi connectivity index (χ4n) is 2.41. The van der Waals surface area contributed by atoms with Gasteiger partial charge in [0.05, 0.1) is 7.11 Å². The molecule has 1 atom stereocenters. The number of carbonyl (C=O) groups is 1. The third-order valence-electron chi connectivity index (χ3n) is 3.57. The van der Waals surface area contributed by atoms with E-state index in [1.165, 1.54) is 12.8 Å². The van der Waals surface area contributed by atoms with E-state index in [2.05, 4.69) is 10.6 Å². The van der Waals surface area contributed by atoms with Crippen molar-refractivity contribution < 1.29 is 9.53 Å². The maximum atomic E-state index is 12.1. The molecule has 0 bridgehead atoms. The molecule has 1 saturated heterocycles. The van der Waals surface area contributed by atoms with Crippen molar-refractivity contribution in [2.75, 3.05) is 32.6 Å². The Morgan fingerprint density at radius 2 is 2.35 bits per heavy atom. The summed E-state index contributed by atoms with van der Waals surface area (Å²) in [6.45, 7) is 1.78. The van der Waals surface area contributed by atoms with Gasteiger partial charge in [-0.15, -0.1) is 0 Å². The molecule has 1 heterocycles. The number of rotatable bonds is 4. The Morgan fingerprint density at radius 3 is 3.05 bits per heavy atom. The lowest BCUT2D eigenvalue weighted by atomic mass is 10.0. The number of nitrogens with zero attached hydrogens (tertiary/aromatic N) is 1. The number of ether oxygens (including phenoxy) is 1. The van der Waals surface area contributed by atoms with Crippen LogP contribution in [0.25, 0.3) is 0 Å². The van der Waals surface area contributed by atoms with E-state index in [9.17, 15) is 4.79 Å². The minimum absolute atomic E-state index is 0.0920. The molecule has 0 aromatic heterocycles. The first-order valence-corrected chi connectivity index (χ1v) is 7.08. The number of amides is 2. The van der Waals surface area contributed by atoms with Gasteiger partial charge >= 0.3 is 6.03 Å². The number of benzene rings is 1. The van der Waals surface area contributed by atoms with Crippen molar-refractivity contribution >= 4 is 11.7 Å². The van der Waals surface area contributed by atoms with Crippen LogP contribution in [0, 0.1) is 0 Å². The van der Waals surface area contributed by atoms with Crippen LogP contribution in [-0.4, -0.2) is 44.2 Å². The number of methoxy groups -OCH3 is 1. The van der Waals surface area contributed by atoms with Gasteiger partial charge in [0.2, 0.25) is 0 Å². The van der Waals surface area contributed by atoms with Crippen molar-refractivity contribution in [3.05, 3.63) is 24.3 Å². The van der Waals surface area contributed by atoms with Gasteiger partial charge in [-0.05, 0) is 31.5 Å². The van der Waals surface area contributed by atoms with Crippen LogP contribution in [-0.2, 0) is 0 Å². The Balaban J connectivity index is 1.86. The summed E-state index contributed by atoms with van der Waals surface area (Å²) in [6.07, 6.45) is 3.61. The summed E-state index contributed by atoms with van der Waals surface area (Å²) in [6, 6.07) is 7.69. The molecule has 5 heteroatoms. The molecule has 0 aliphatic carbocycles. The summed E-state index contributed by atoms with van der Waals surface area (Å²) in [5.41, 5.74) is 0.748. The first-order chi connectivity index (χ1) is 9.69. The Bertz CT molecular complexity index is 444. The summed E-state index contributed by atoms with van der Waals surface area (Å²) in [7, 11) is 3.44. The molecule has 5 nitrogen and oxygen atoms in total. The van der Waals surface area contributed by atoms with Gasteiger partial charge in [-0.2, -0.15) is 0 Å². The van der Waals surface area contributed by atoms with Crippen molar-refractivity contribution in [2.24, 2.45) is 0 Å². The third-order valence-corrected chi connectivity index (χ3v) is 3.57. The molecule has 20 heavy (non-hydrogen) atoms. The summed E-state index contributed by atoms with van der Waals surface area (Å²) >= 11 is 0. The topological polar surface area (TPSA) is 53.6 Å². The van der Waals surface area contributed by atoms with Gasteiger partial charge in [0.1, 0.15) is 5.75 Å². The molecule has 110 valence electrons. The smallest absolute Gasteiger partial charge is 0.321 e. The molecule has 2 N–H and O–H groups in total. The van der Waals surface area contributed by atoms with E-state index in [0.717, 1.165) is 30.9 Å². The average molecular weight is 277 g/mol. The van der Waals surface area contributed by atoms with E-state index in [1.807, 2.05) is 31.3 Å². The quantitative estimate of drug-likeness (QED) is 0.888. The minimum atomic E-state index is -0.0920. The number of anilines is 1. The van der Waals surface area contributed by atoms with Gasteiger partial charge in [-0.1, -0.05) is 12.5 Å². The van der Waals surface area contributed by atoms with Crippen LogP contribution >= 0.6 is 0 Å². The maximum absolute atomic E-state index is 12.1. The van der Waals surface area contributed by atoms with Gasteiger partial charge in [0, 0.05) is 31.4 Å². The molecule has 2 amide bonds. The first-order valence-electron chi connectivity index (χ1n) is 7.08. The van der Waals surface area contributed by atoms with Crippen molar-refractivity contribution in [1.29, 1.82) is 0 Å². The summed E-state index contributed by atoms with van der Waals surface area (Å²) < 4.78 is 5.14. The average Bonchev–Trinajstić information content (AvgIpc) is 2.48. The van der Waals surface area contributed by atoms with E-state index in [4.69, 9.17) is 4.74 Å². The molecule has 1 unspecified atom stereocenters. The lowest BCUT2D eigenvalue weighted by Crippen LogP contribution is -2.45. The number of nitrogens with one attached hydrogen (secondary N) is 2. The van der Waals surface area contributed by atoms with Gasteiger partial charge in [-0.25, -0.2) is 4.79 Å². The summed E-state index contributed by atoms with van der Waals surface area (Å²) in [4.78, 5) is 13.9. The van der Waals surface area contributed by atoms with Crippen LogP contribution in [0.5, 0.6) is 5.75 Å². The second kappa shape index (κ2) is 7.14. The van der Waals surface area contributed by atoms with Gasteiger partial charge in [0.15, 0.2) is 0 Å². The molecule has 1 fully saturated rings. The zero-order valence-electron chi connectivity index (χ0n) is 12.2. The highest BCUT2D eigenvalue weighted by molar-refractivity contribution is 5.89. The molecule has 1 aromatic carbocycles. The molecular formula is C15H23N3O2. The third kappa shape index (κ3) is 4.13. The molecule has 1 aliphatic rings. The number of hydrogen-bond donors (Lipinski definition) is 2. The number of likely N-dealkylation sites (N-methyl/N-ethyl adjacent to an activating group) is 1. The van der Waals surface area contributed by atoms with E-state index >= 15 is 0 Å². The normalized spacial score (nSPS) is 18.4. The molecule has 0 radical (unpaired) electrons. The van der Waals surface area contributed by atoms with Crippen LogP contribution < -0.4 is 15.4 Å². The predicted molar refractivity (Wildman–Crippen MR) is 80.3 cm³/mol. The number of piperidine rings is 1. The maximum Gasteiger partial charge on any atom is 0.321 e. The highest BCUT2D eigenvalue weighted by Gasteiger charge is 2.17. The number of carbonyl (C=O) groups excluding carboxylic acids is 1.